The Balaban J connectivity index is 2.51. The van der Waals surface area contributed by atoms with Gasteiger partial charge < -0.3 is 0 Å². The third-order valence-corrected chi connectivity index (χ3v) is 3.04. The Morgan fingerprint density at radius 3 is 2.33 bits per heavy atom. The van der Waals surface area contributed by atoms with E-state index in [2.05, 4.69) is 26.0 Å². The fourth-order valence-corrected chi connectivity index (χ4v) is 2.47. The van der Waals surface area contributed by atoms with Crippen LogP contribution in [0.2, 0.25) is 0 Å². The van der Waals surface area contributed by atoms with Crippen LogP contribution in [0.25, 0.3) is 0 Å². The summed E-state index contributed by atoms with van der Waals surface area (Å²) in [6.45, 7) is 4.61. The molecular weight excluding hydrogens is 144 g/mol. The molecule has 1 radical (unpaired) electrons. The van der Waals surface area contributed by atoms with Gasteiger partial charge in [0.05, 0.1) is 0 Å². The van der Waals surface area contributed by atoms with Crippen LogP contribution in [-0.4, -0.2) is 0 Å². The molecular formula is C12H21. The molecule has 12 heavy (non-hydrogen) atoms. The molecule has 0 aromatic carbocycles. The molecule has 0 amide bonds. The van der Waals surface area contributed by atoms with Gasteiger partial charge in [-0.2, -0.15) is 0 Å². The standard InChI is InChI=1S/C12H21/c1-3-8-12(9-4-2)10-6-5-7-11-12/h6H,3-4,7-11H2,1-2H3. The van der Waals surface area contributed by atoms with Gasteiger partial charge in [-0.25, -0.2) is 0 Å². The van der Waals surface area contributed by atoms with Crippen LogP contribution in [-0.2, 0) is 0 Å². The zero-order chi connectivity index (χ0) is 8.86. The van der Waals surface area contributed by atoms with E-state index in [-0.39, 0.29) is 0 Å². The molecule has 1 rings (SSSR count). The van der Waals surface area contributed by atoms with Crippen molar-refractivity contribution in [3.05, 3.63) is 12.2 Å². The Hall–Kier alpha value is -0.260. The number of rotatable bonds is 4. The smallest absolute Gasteiger partial charge is 0.0260 e. The second kappa shape index (κ2) is 4.69. The summed E-state index contributed by atoms with van der Waals surface area (Å²) in [5.74, 6) is 0. The molecule has 0 N–H and O–H groups in total. The van der Waals surface area contributed by atoms with Crippen molar-refractivity contribution in [2.24, 2.45) is 5.41 Å². The first-order valence-electron chi connectivity index (χ1n) is 5.38. The van der Waals surface area contributed by atoms with Crippen molar-refractivity contribution in [1.82, 2.24) is 0 Å². The average molecular weight is 165 g/mol. The lowest BCUT2D eigenvalue weighted by molar-refractivity contribution is 0.208. The van der Waals surface area contributed by atoms with Crippen LogP contribution >= 0.6 is 0 Å². The summed E-state index contributed by atoms with van der Waals surface area (Å²) in [5.41, 5.74) is 0.661. The second-order valence-corrected chi connectivity index (χ2v) is 4.11. The van der Waals surface area contributed by atoms with Gasteiger partial charge in [0.2, 0.25) is 0 Å². The molecule has 0 unspecified atom stereocenters. The predicted molar refractivity (Wildman–Crippen MR) is 53.9 cm³/mol. The molecule has 0 aromatic rings. The van der Waals surface area contributed by atoms with E-state index in [9.17, 15) is 0 Å². The maximum Gasteiger partial charge on any atom is -0.0260 e. The monoisotopic (exact) mass is 165 g/mol. The Bertz CT molecular complexity index is 138. The van der Waals surface area contributed by atoms with Gasteiger partial charge in [-0.15, -0.1) is 0 Å². The molecule has 0 nitrogen and oxygen atoms in total. The van der Waals surface area contributed by atoms with Crippen LogP contribution in [0.3, 0.4) is 0 Å². The predicted octanol–water partition coefficient (Wildman–Crippen LogP) is 4.12. The van der Waals surface area contributed by atoms with Crippen LogP contribution in [0.15, 0.2) is 6.08 Å². The normalized spacial score (nSPS) is 21.2. The van der Waals surface area contributed by atoms with Crippen LogP contribution in [0.4, 0.5) is 0 Å². The molecule has 0 saturated heterocycles. The van der Waals surface area contributed by atoms with Crippen molar-refractivity contribution in [1.29, 1.82) is 0 Å². The minimum Gasteiger partial charge on any atom is -0.0805 e. The molecule has 1 aliphatic carbocycles. The van der Waals surface area contributed by atoms with E-state index in [1.54, 1.807) is 0 Å². The largest absolute Gasteiger partial charge is 0.0805 e. The molecule has 0 atom stereocenters. The highest BCUT2D eigenvalue weighted by atomic mass is 14.3. The number of allylic oxidation sites excluding steroid dienone is 2. The van der Waals surface area contributed by atoms with Crippen molar-refractivity contribution in [3.63, 3.8) is 0 Å². The maximum atomic E-state index is 3.33. The molecule has 69 valence electrons. The van der Waals surface area contributed by atoms with Gasteiger partial charge in [-0.3, -0.25) is 0 Å². The molecule has 1 aliphatic rings. The summed E-state index contributed by atoms with van der Waals surface area (Å²) >= 11 is 0. The van der Waals surface area contributed by atoms with Crippen molar-refractivity contribution in [2.75, 3.05) is 0 Å². The highest BCUT2D eigenvalue weighted by molar-refractivity contribution is 4.93. The summed E-state index contributed by atoms with van der Waals surface area (Å²) < 4.78 is 0. The Labute approximate surface area is 77.1 Å². The van der Waals surface area contributed by atoms with Gasteiger partial charge >= 0.3 is 0 Å². The first kappa shape index (κ1) is 9.83. The zero-order valence-electron chi connectivity index (χ0n) is 8.53. The molecule has 0 spiro atoms. The van der Waals surface area contributed by atoms with Gasteiger partial charge in [0.25, 0.3) is 0 Å². The highest BCUT2D eigenvalue weighted by Crippen LogP contribution is 2.40. The second-order valence-electron chi connectivity index (χ2n) is 4.11. The fourth-order valence-electron chi connectivity index (χ4n) is 2.47. The fraction of sp³-hybridized carbons (Fsp3) is 0.833. The van der Waals surface area contributed by atoms with Gasteiger partial charge in [-0.05, 0) is 43.6 Å². The summed E-state index contributed by atoms with van der Waals surface area (Å²) in [6.07, 6.45) is 15.0. The first-order chi connectivity index (χ1) is 5.83. The summed E-state index contributed by atoms with van der Waals surface area (Å²) in [6, 6.07) is 0. The highest BCUT2D eigenvalue weighted by Gasteiger charge is 2.27. The van der Waals surface area contributed by atoms with Gasteiger partial charge in [0, 0.05) is 0 Å². The Morgan fingerprint density at radius 2 is 1.92 bits per heavy atom. The van der Waals surface area contributed by atoms with E-state index in [0.29, 0.717) is 5.41 Å². The van der Waals surface area contributed by atoms with E-state index in [1.165, 1.54) is 44.9 Å². The zero-order valence-corrected chi connectivity index (χ0v) is 8.53. The number of hydrogen-bond acceptors (Lipinski definition) is 0. The SMILES string of the molecule is CCCC1(CCC)CC=[C]CC1. The van der Waals surface area contributed by atoms with Gasteiger partial charge in [0.15, 0.2) is 0 Å². The van der Waals surface area contributed by atoms with Crippen molar-refractivity contribution < 1.29 is 0 Å². The lowest BCUT2D eigenvalue weighted by atomic mass is 9.71. The van der Waals surface area contributed by atoms with Crippen LogP contribution in [0.1, 0.15) is 58.8 Å². The lowest BCUT2D eigenvalue weighted by Crippen LogP contribution is -2.21. The van der Waals surface area contributed by atoms with Crippen molar-refractivity contribution >= 4 is 0 Å². The molecule has 0 bridgehead atoms. The Morgan fingerprint density at radius 1 is 1.25 bits per heavy atom. The van der Waals surface area contributed by atoms with E-state index in [1.807, 2.05) is 0 Å². The van der Waals surface area contributed by atoms with Crippen molar-refractivity contribution in [2.45, 2.75) is 58.8 Å². The summed E-state index contributed by atoms with van der Waals surface area (Å²) in [4.78, 5) is 0. The lowest BCUT2D eigenvalue weighted by Gasteiger charge is -2.34. The molecule has 0 fully saturated rings. The van der Waals surface area contributed by atoms with Crippen LogP contribution in [0, 0.1) is 11.5 Å². The summed E-state index contributed by atoms with van der Waals surface area (Å²) in [5, 5.41) is 0. The minimum absolute atomic E-state index is 0.661. The molecule has 0 aliphatic heterocycles. The van der Waals surface area contributed by atoms with E-state index >= 15 is 0 Å². The molecule has 0 aromatic heterocycles. The van der Waals surface area contributed by atoms with Crippen molar-refractivity contribution in [3.8, 4) is 0 Å². The van der Waals surface area contributed by atoms with E-state index < -0.39 is 0 Å². The maximum absolute atomic E-state index is 3.33. The quantitative estimate of drug-likeness (QED) is 0.588. The number of hydrogen-bond donors (Lipinski definition) is 0. The van der Waals surface area contributed by atoms with Crippen LogP contribution < -0.4 is 0 Å². The first-order valence-corrected chi connectivity index (χ1v) is 5.38. The average Bonchev–Trinajstić information content (AvgIpc) is 2.07. The van der Waals surface area contributed by atoms with E-state index in [0.717, 1.165) is 0 Å². The van der Waals surface area contributed by atoms with Gasteiger partial charge in [-0.1, -0.05) is 32.8 Å². The molecule has 0 saturated carbocycles. The molecule has 0 heterocycles. The molecule has 0 heteroatoms. The van der Waals surface area contributed by atoms with E-state index in [4.69, 9.17) is 0 Å². The van der Waals surface area contributed by atoms with Gasteiger partial charge in [0.1, 0.15) is 0 Å². The summed E-state index contributed by atoms with van der Waals surface area (Å²) in [7, 11) is 0. The third kappa shape index (κ3) is 2.36. The third-order valence-electron chi connectivity index (χ3n) is 3.04. The minimum atomic E-state index is 0.661. The van der Waals surface area contributed by atoms with Crippen LogP contribution in [0.5, 0.6) is 0 Å². The Kier molecular flexibility index (Phi) is 3.84. The topological polar surface area (TPSA) is 0 Å².